The van der Waals surface area contributed by atoms with Crippen molar-refractivity contribution < 1.29 is 9.32 Å². The Hall–Kier alpha value is -2.46. The van der Waals surface area contributed by atoms with E-state index in [1.54, 1.807) is 24.3 Å². The number of anilines is 1. The number of carbonyl (C=O) groups is 1. The van der Waals surface area contributed by atoms with E-state index in [1.807, 2.05) is 4.40 Å². The molecule has 0 aliphatic heterocycles. The second-order valence-corrected chi connectivity index (χ2v) is 9.10. The maximum absolute atomic E-state index is 12.3. The SMILES string of the molecule is CCc1nc2sc3c(c2c2nnc(SCC(=O)Nc4cc(C)on4)n12)CCCC3. The Morgan fingerprint density at radius 3 is 3.00 bits per heavy atom. The van der Waals surface area contributed by atoms with E-state index < -0.39 is 0 Å². The van der Waals surface area contributed by atoms with Crippen LogP contribution in [0.4, 0.5) is 5.82 Å². The first-order valence-electron chi connectivity index (χ1n) is 9.68. The second kappa shape index (κ2) is 7.42. The van der Waals surface area contributed by atoms with Crippen molar-refractivity contribution in [2.45, 2.75) is 51.1 Å². The number of thioether (sulfide) groups is 1. The number of thiophene rings is 1. The van der Waals surface area contributed by atoms with E-state index in [2.05, 4.69) is 27.6 Å². The monoisotopic (exact) mass is 428 g/mol. The van der Waals surface area contributed by atoms with Crippen LogP contribution in [-0.4, -0.2) is 36.4 Å². The number of aromatic nitrogens is 5. The van der Waals surface area contributed by atoms with Crippen LogP contribution >= 0.6 is 23.1 Å². The third-order valence-corrected chi connectivity index (χ3v) is 7.16. The molecule has 5 rings (SSSR count). The fourth-order valence-electron chi connectivity index (χ4n) is 3.76. The largest absolute Gasteiger partial charge is 0.360 e. The first-order chi connectivity index (χ1) is 14.1. The molecular formula is C19H20N6O2S2. The molecule has 4 aromatic heterocycles. The molecule has 0 atom stereocenters. The predicted molar refractivity (Wildman–Crippen MR) is 113 cm³/mol. The lowest BCUT2D eigenvalue weighted by Crippen LogP contribution is -2.14. The molecule has 150 valence electrons. The van der Waals surface area contributed by atoms with Gasteiger partial charge in [0.25, 0.3) is 0 Å². The molecule has 0 bridgehead atoms. The summed E-state index contributed by atoms with van der Waals surface area (Å²) in [6.45, 7) is 3.86. The lowest BCUT2D eigenvalue weighted by atomic mass is 9.97. The van der Waals surface area contributed by atoms with Gasteiger partial charge in [0.05, 0.1) is 11.1 Å². The van der Waals surface area contributed by atoms with Gasteiger partial charge < -0.3 is 9.84 Å². The highest BCUT2D eigenvalue weighted by molar-refractivity contribution is 7.99. The van der Waals surface area contributed by atoms with Crippen molar-refractivity contribution in [3.05, 3.63) is 28.1 Å². The van der Waals surface area contributed by atoms with Gasteiger partial charge in [-0.2, -0.15) is 0 Å². The minimum Gasteiger partial charge on any atom is -0.360 e. The maximum Gasteiger partial charge on any atom is 0.236 e. The smallest absolute Gasteiger partial charge is 0.236 e. The Morgan fingerprint density at radius 1 is 1.34 bits per heavy atom. The lowest BCUT2D eigenvalue weighted by Gasteiger charge is -2.11. The Balaban J connectivity index is 1.47. The molecule has 1 amide bonds. The van der Waals surface area contributed by atoms with Gasteiger partial charge in [-0.15, -0.1) is 21.5 Å². The number of nitrogens with zero attached hydrogens (tertiary/aromatic N) is 5. The molecule has 1 N–H and O–H groups in total. The van der Waals surface area contributed by atoms with Gasteiger partial charge in [0.1, 0.15) is 16.4 Å². The molecule has 4 aromatic rings. The molecule has 0 saturated carbocycles. The molecule has 10 heteroatoms. The van der Waals surface area contributed by atoms with E-state index >= 15 is 0 Å². The molecule has 1 aliphatic rings. The number of hydrogen-bond donors (Lipinski definition) is 1. The van der Waals surface area contributed by atoms with Crippen molar-refractivity contribution in [3.63, 3.8) is 0 Å². The van der Waals surface area contributed by atoms with E-state index in [0.29, 0.717) is 16.7 Å². The first kappa shape index (κ1) is 18.6. The summed E-state index contributed by atoms with van der Waals surface area (Å²) in [5.41, 5.74) is 2.25. The van der Waals surface area contributed by atoms with Crippen molar-refractivity contribution in [2.24, 2.45) is 0 Å². The van der Waals surface area contributed by atoms with E-state index in [-0.39, 0.29) is 11.7 Å². The van der Waals surface area contributed by atoms with Crippen LogP contribution in [0.1, 0.15) is 41.8 Å². The van der Waals surface area contributed by atoms with Gasteiger partial charge in [-0.25, -0.2) is 4.98 Å². The lowest BCUT2D eigenvalue weighted by molar-refractivity contribution is -0.113. The normalized spacial score (nSPS) is 13.9. The number of carbonyl (C=O) groups excluding carboxylic acids is 1. The average Bonchev–Trinajstić information content (AvgIpc) is 3.41. The molecule has 0 unspecified atom stereocenters. The fourth-order valence-corrected chi connectivity index (χ4v) is 5.78. The van der Waals surface area contributed by atoms with Crippen LogP contribution in [0.5, 0.6) is 0 Å². The summed E-state index contributed by atoms with van der Waals surface area (Å²) in [5, 5.41) is 17.2. The zero-order valence-electron chi connectivity index (χ0n) is 16.2. The van der Waals surface area contributed by atoms with E-state index in [4.69, 9.17) is 9.51 Å². The number of nitrogens with one attached hydrogen (secondary N) is 1. The zero-order valence-corrected chi connectivity index (χ0v) is 17.8. The minimum absolute atomic E-state index is 0.167. The number of fused-ring (bicyclic) bond motifs is 5. The third kappa shape index (κ3) is 3.29. The van der Waals surface area contributed by atoms with Crippen LogP contribution in [0.25, 0.3) is 15.9 Å². The van der Waals surface area contributed by atoms with E-state index in [0.717, 1.165) is 41.0 Å². The summed E-state index contributed by atoms with van der Waals surface area (Å²) in [4.78, 5) is 19.7. The Bertz CT molecular complexity index is 1220. The van der Waals surface area contributed by atoms with Crippen LogP contribution in [-0.2, 0) is 24.1 Å². The topological polar surface area (TPSA) is 98.2 Å². The second-order valence-electron chi connectivity index (χ2n) is 7.07. The Morgan fingerprint density at radius 2 is 2.21 bits per heavy atom. The summed E-state index contributed by atoms with van der Waals surface area (Å²) in [7, 11) is 0. The highest BCUT2D eigenvalue weighted by Gasteiger charge is 2.23. The minimum atomic E-state index is -0.167. The number of amides is 1. The third-order valence-electron chi connectivity index (χ3n) is 5.04. The van der Waals surface area contributed by atoms with E-state index in [9.17, 15) is 4.79 Å². The van der Waals surface area contributed by atoms with Gasteiger partial charge in [0.2, 0.25) is 5.91 Å². The molecule has 8 nitrogen and oxygen atoms in total. The number of hydrogen-bond acceptors (Lipinski definition) is 8. The van der Waals surface area contributed by atoms with Crippen LogP contribution in [0.3, 0.4) is 0 Å². The maximum atomic E-state index is 12.3. The molecule has 0 spiro atoms. The first-order valence-corrected chi connectivity index (χ1v) is 11.5. The highest BCUT2D eigenvalue weighted by Crippen LogP contribution is 2.38. The summed E-state index contributed by atoms with van der Waals surface area (Å²) < 4.78 is 6.99. The molecule has 0 radical (unpaired) electrons. The van der Waals surface area contributed by atoms with Gasteiger partial charge in [0, 0.05) is 17.4 Å². The molecule has 0 fully saturated rings. The van der Waals surface area contributed by atoms with Crippen LogP contribution < -0.4 is 5.32 Å². The number of rotatable bonds is 5. The van der Waals surface area contributed by atoms with Gasteiger partial charge in [0.15, 0.2) is 16.6 Å². The summed E-state index contributed by atoms with van der Waals surface area (Å²) in [5.74, 6) is 2.03. The van der Waals surface area contributed by atoms with Gasteiger partial charge in [-0.05, 0) is 38.2 Å². The molecule has 0 aromatic carbocycles. The summed E-state index contributed by atoms with van der Waals surface area (Å²) >= 11 is 3.15. The summed E-state index contributed by atoms with van der Waals surface area (Å²) in [6.07, 6.45) is 5.42. The van der Waals surface area contributed by atoms with Crippen molar-refractivity contribution in [1.29, 1.82) is 0 Å². The van der Waals surface area contributed by atoms with Crippen molar-refractivity contribution >= 4 is 50.7 Å². The molecule has 29 heavy (non-hydrogen) atoms. The molecular weight excluding hydrogens is 408 g/mol. The molecule has 0 saturated heterocycles. The van der Waals surface area contributed by atoms with Crippen LogP contribution in [0.2, 0.25) is 0 Å². The molecule has 4 heterocycles. The van der Waals surface area contributed by atoms with Crippen molar-refractivity contribution in [2.75, 3.05) is 11.1 Å². The van der Waals surface area contributed by atoms with Crippen molar-refractivity contribution in [3.8, 4) is 0 Å². The standard InChI is InChI=1S/C19H20N6O2S2/c1-3-14-21-18-16(11-6-4-5-7-12(11)29-18)17-22-23-19(25(14)17)28-9-15(26)20-13-8-10(2)27-24-13/h8H,3-7,9H2,1-2H3,(H,20,24,26). The quantitative estimate of drug-likeness (QED) is 0.483. The van der Waals surface area contributed by atoms with Gasteiger partial charge >= 0.3 is 0 Å². The molecule has 1 aliphatic carbocycles. The Labute approximate surface area is 175 Å². The van der Waals surface area contributed by atoms with Crippen molar-refractivity contribution in [1.82, 2.24) is 24.7 Å². The van der Waals surface area contributed by atoms with Crippen LogP contribution in [0, 0.1) is 6.92 Å². The van der Waals surface area contributed by atoms with E-state index in [1.165, 1.54) is 35.0 Å². The zero-order chi connectivity index (χ0) is 20.0. The summed E-state index contributed by atoms with van der Waals surface area (Å²) in [6, 6.07) is 1.69. The van der Waals surface area contributed by atoms with Gasteiger partial charge in [-0.3, -0.25) is 9.20 Å². The average molecular weight is 429 g/mol. The fraction of sp³-hybridized carbons (Fsp3) is 0.421. The highest BCUT2D eigenvalue weighted by atomic mass is 32.2. The van der Waals surface area contributed by atoms with Crippen LogP contribution in [0.15, 0.2) is 15.7 Å². The Kier molecular flexibility index (Phi) is 4.75. The van der Waals surface area contributed by atoms with Gasteiger partial charge in [-0.1, -0.05) is 23.8 Å². The predicted octanol–water partition coefficient (Wildman–Crippen LogP) is 3.81. The number of aryl methyl sites for hydroxylation is 4.